The molecule has 0 saturated carbocycles. The topological polar surface area (TPSA) is 50.2 Å². The lowest BCUT2D eigenvalue weighted by Crippen LogP contribution is -2.37. The van der Waals surface area contributed by atoms with Crippen molar-refractivity contribution >= 4 is 17.4 Å². The molecule has 8 heteroatoms. The fraction of sp³-hybridized carbons (Fsp3) is 0.368. The number of pyridine rings is 1. The number of halogens is 5. The van der Waals surface area contributed by atoms with E-state index < -0.39 is 35.7 Å². The molecule has 2 aromatic rings. The lowest BCUT2D eigenvalue weighted by molar-refractivity contribution is -0.139. The molecule has 0 spiro atoms. The van der Waals surface area contributed by atoms with E-state index in [1.807, 2.05) is 0 Å². The van der Waals surface area contributed by atoms with Crippen LogP contribution < -0.4 is 0 Å². The molecule has 0 aliphatic heterocycles. The van der Waals surface area contributed by atoms with Crippen molar-refractivity contribution in [3.05, 3.63) is 63.9 Å². The minimum absolute atomic E-state index is 0.0131. The fourth-order valence-electron chi connectivity index (χ4n) is 3.39. The summed E-state index contributed by atoms with van der Waals surface area (Å²) in [6.45, 7) is 0. The Morgan fingerprint density at radius 3 is 2.78 bits per heavy atom. The van der Waals surface area contributed by atoms with Gasteiger partial charge in [0.15, 0.2) is 11.5 Å². The first-order chi connectivity index (χ1) is 12.6. The number of nitrogens with zero attached hydrogens (tertiary/aromatic N) is 1. The molecule has 1 aliphatic carbocycles. The van der Waals surface area contributed by atoms with Crippen LogP contribution in [0.3, 0.4) is 0 Å². The van der Waals surface area contributed by atoms with Crippen LogP contribution in [0.1, 0.15) is 47.8 Å². The first kappa shape index (κ1) is 19.8. The highest BCUT2D eigenvalue weighted by Crippen LogP contribution is 2.43. The number of fused-ring (bicyclic) bond motifs is 1. The third kappa shape index (κ3) is 3.84. The van der Waals surface area contributed by atoms with Crippen molar-refractivity contribution in [2.75, 3.05) is 0 Å². The molecule has 3 nitrogen and oxygen atoms in total. The summed E-state index contributed by atoms with van der Waals surface area (Å²) in [5, 5.41) is 9.89. The summed E-state index contributed by atoms with van der Waals surface area (Å²) >= 11 is 5.64. The third-order valence-corrected chi connectivity index (χ3v) is 5.02. The highest BCUT2D eigenvalue weighted by Gasteiger charge is 2.46. The molecule has 1 aromatic heterocycles. The molecule has 0 amide bonds. The number of carbonyl (C=O) groups is 1. The Balaban J connectivity index is 1.85. The van der Waals surface area contributed by atoms with Gasteiger partial charge in [0.2, 0.25) is 0 Å². The van der Waals surface area contributed by atoms with Gasteiger partial charge in [-0.3, -0.25) is 9.78 Å². The number of ketones is 1. The first-order valence-corrected chi connectivity index (χ1v) is 8.72. The predicted molar refractivity (Wildman–Crippen MR) is 91.0 cm³/mol. The molecule has 27 heavy (non-hydrogen) atoms. The van der Waals surface area contributed by atoms with E-state index in [2.05, 4.69) is 4.98 Å². The summed E-state index contributed by atoms with van der Waals surface area (Å²) in [7, 11) is 0. The van der Waals surface area contributed by atoms with Crippen LogP contribution in [0.5, 0.6) is 0 Å². The fourth-order valence-corrected chi connectivity index (χ4v) is 3.56. The molecule has 3 rings (SSSR count). The number of aliphatic hydroxyl groups excluding tert-OH is 1. The highest BCUT2D eigenvalue weighted by atomic mass is 35.5. The molecule has 1 aromatic carbocycles. The van der Waals surface area contributed by atoms with Crippen molar-refractivity contribution in [2.45, 2.75) is 43.6 Å². The van der Waals surface area contributed by atoms with Gasteiger partial charge >= 0.3 is 6.18 Å². The number of hydrogen-bond acceptors (Lipinski definition) is 3. The van der Waals surface area contributed by atoms with E-state index >= 15 is 4.39 Å². The Bertz CT molecular complexity index is 871. The van der Waals surface area contributed by atoms with Gasteiger partial charge < -0.3 is 5.11 Å². The maximum absolute atomic E-state index is 15.5. The second-order valence-corrected chi connectivity index (χ2v) is 6.95. The monoisotopic (exact) mass is 401 g/mol. The van der Waals surface area contributed by atoms with E-state index in [-0.39, 0.29) is 41.1 Å². The molecule has 1 heterocycles. The Kier molecular flexibility index (Phi) is 5.27. The van der Waals surface area contributed by atoms with E-state index in [0.717, 1.165) is 6.07 Å². The number of aromatic nitrogens is 1. The van der Waals surface area contributed by atoms with Gasteiger partial charge in [0.25, 0.3) is 0 Å². The summed E-state index contributed by atoms with van der Waals surface area (Å²) in [6, 6.07) is 6.13. The maximum atomic E-state index is 15.5. The van der Waals surface area contributed by atoms with Gasteiger partial charge in [-0.15, -0.1) is 0 Å². The van der Waals surface area contributed by atoms with Crippen molar-refractivity contribution in [1.82, 2.24) is 4.98 Å². The van der Waals surface area contributed by atoms with Crippen LogP contribution in [-0.2, 0) is 23.1 Å². The van der Waals surface area contributed by atoms with Gasteiger partial charge in [0, 0.05) is 23.2 Å². The number of Topliss-reactive ketones (excluding diaryl/α,β-unsaturated/α-hetero) is 1. The Hall–Kier alpha value is -1.99. The number of benzene rings is 1. The molecule has 0 radical (unpaired) electrons. The standard InChI is InChI=1S/C19H16ClF4NO2/c20-12-5-3-11(14(10-12)19(22,23)24)4-6-16(27)18(21)8-7-15(26)17-13(18)2-1-9-25-17/h1-3,5,9-10,15,26H,4,6-8H2/t15-,18-/m0/s1. The molecule has 2 atom stereocenters. The van der Waals surface area contributed by atoms with E-state index in [9.17, 15) is 23.1 Å². The number of aryl methyl sites for hydroxylation is 1. The van der Waals surface area contributed by atoms with Crippen molar-refractivity contribution in [3.63, 3.8) is 0 Å². The second-order valence-electron chi connectivity index (χ2n) is 6.51. The van der Waals surface area contributed by atoms with Gasteiger partial charge in [0.05, 0.1) is 17.4 Å². The molecule has 0 bridgehead atoms. The van der Waals surface area contributed by atoms with Gasteiger partial charge in [-0.05, 0) is 43.0 Å². The number of alkyl halides is 4. The molecular weight excluding hydrogens is 386 g/mol. The quantitative estimate of drug-likeness (QED) is 0.738. The van der Waals surface area contributed by atoms with E-state index in [0.29, 0.717) is 0 Å². The molecule has 1 N–H and O–H groups in total. The summed E-state index contributed by atoms with van der Waals surface area (Å²) in [5.41, 5.74) is -3.33. The Morgan fingerprint density at radius 2 is 2.07 bits per heavy atom. The number of rotatable bonds is 4. The minimum atomic E-state index is -4.62. The first-order valence-electron chi connectivity index (χ1n) is 8.34. The third-order valence-electron chi connectivity index (χ3n) is 4.78. The lowest BCUT2D eigenvalue weighted by atomic mass is 9.77. The van der Waals surface area contributed by atoms with Crippen molar-refractivity contribution in [2.24, 2.45) is 0 Å². The van der Waals surface area contributed by atoms with Gasteiger partial charge in [-0.2, -0.15) is 13.2 Å². The molecule has 1 aliphatic rings. The Morgan fingerprint density at radius 1 is 1.33 bits per heavy atom. The van der Waals surface area contributed by atoms with Gasteiger partial charge in [-0.1, -0.05) is 23.7 Å². The zero-order chi connectivity index (χ0) is 19.8. The van der Waals surface area contributed by atoms with Crippen LogP contribution in [0.4, 0.5) is 17.6 Å². The van der Waals surface area contributed by atoms with Crippen LogP contribution in [-0.4, -0.2) is 15.9 Å². The average Bonchev–Trinajstić information content (AvgIpc) is 2.63. The van der Waals surface area contributed by atoms with Gasteiger partial charge in [0.1, 0.15) is 0 Å². The largest absolute Gasteiger partial charge is 0.416 e. The normalized spacial score (nSPS) is 22.4. The Labute approximate surface area is 158 Å². The van der Waals surface area contributed by atoms with Crippen molar-refractivity contribution in [3.8, 4) is 0 Å². The lowest BCUT2D eigenvalue weighted by Gasteiger charge is -2.32. The zero-order valence-corrected chi connectivity index (χ0v) is 14.8. The molecule has 0 saturated heterocycles. The molecule has 144 valence electrons. The summed E-state index contributed by atoms with van der Waals surface area (Å²) < 4.78 is 55.0. The van der Waals surface area contributed by atoms with Gasteiger partial charge in [-0.25, -0.2) is 4.39 Å². The molecule has 0 unspecified atom stereocenters. The van der Waals surface area contributed by atoms with Crippen LogP contribution >= 0.6 is 11.6 Å². The van der Waals surface area contributed by atoms with E-state index in [1.165, 1.54) is 30.5 Å². The van der Waals surface area contributed by atoms with Crippen LogP contribution in [0.2, 0.25) is 5.02 Å². The number of hydrogen-bond donors (Lipinski definition) is 1. The van der Waals surface area contributed by atoms with E-state index in [4.69, 9.17) is 11.6 Å². The van der Waals surface area contributed by atoms with Crippen molar-refractivity contribution < 1.29 is 27.5 Å². The molecular formula is C19H16ClF4NO2. The van der Waals surface area contributed by atoms with Crippen LogP contribution in [0, 0.1) is 0 Å². The second kappa shape index (κ2) is 7.20. The zero-order valence-electron chi connectivity index (χ0n) is 14.1. The minimum Gasteiger partial charge on any atom is -0.387 e. The van der Waals surface area contributed by atoms with E-state index in [1.54, 1.807) is 0 Å². The predicted octanol–water partition coefficient (Wildman–Crippen LogP) is 4.95. The van der Waals surface area contributed by atoms with Crippen molar-refractivity contribution in [1.29, 1.82) is 0 Å². The van der Waals surface area contributed by atoms with Crippen LogP contribution in [0.15, 0.2) is 36.5 Å². The average molecular weight is 402 g/mol. The molecule has 0 fully saturated rings. The summed E-state index contributed by atoms with van der Waals surface area (Å²) in [6.07, 6.45) is -5.10. The maximum Gasteiger partial charge on any atom is 0.416 e. The summed E-state index contributed by atoms with van der Waals surface area (Å²) in [4.78, 5) is 16.5. The smallest absolute Gasteiger partial charge is 0.387 e. The van der Waals surface area contributed by atoms with Crippen LogP contribution in [0.25, 0.3) is 0 Å². The summed E-state index contributed by atoms with van der Waals surface area (Å²) in [5.74, 6) is -0.827. The number of carbonyl (C=O) groups excluding carboxylic acids is 1. The SMILES string of the molecule is O=C(CCc1ccc(Cl)cc1C(F)(F)F)[C@]1(F)CC[C@H](O)c2ncccc21. The number of aliphatic hydroxyl groups is 1. The highest BCUT2D eigenvalue weighted by molar-refractivity contribution is 6.30.